The monoisotopic (exact) mass is 518 g/mol. The third kappa shape index (κ3) is 7.73. The maximum Gasteiger partial charge on any atom is 0.403 e. The van der Waals surface area contributed by atoms with Crippen LogP contribution in [0.15, 0.2) is 18.2 Å². The van der Waals surface area contributed by atoms with Crippen LogP contribution in [-0.2, 0) is 16.0 Å². The van der Waals surface area contributed by atoms with Gasteiger partial charge in [-0.1, -0.05) is 26.3 Å². The zero-order valence-corrected chi connectivity index (χ0v) is 21.7. The lowest BCUT2D eigenvalue weighted by Crippen LogP contribution is -2.56. The zero-order valence-electron chi connectivity index (χ0n) is 21.7. The van der Waals surface area contributed by atoms with Crippen molar-refractivity contribution in [1.82, 2.24) is 5.32 Å². The van der Waals surface area contributed by atoms with Gasteiger partial charge in [0, 0.05) is 32.7 Å². The molecule has 7 nitrogen and oxygen atoms in total. The summed E-state index contributed by atoms with van der Waals surface area (Å²) >= 11 is 0. The van der Waals surface area contributed by atoms with Gasteiger partial charge in [-0.15, -0.1) is 0 Å². The summed E-state index contributed by atoms with van der Waals surface area (Å²) in [4.78, 5) is 12.3. The van der Waals surface area contributed by atoms with Crippen LogP contribution in [-0.4, -0.2) is 63.3 Å². The number of rotatable bonds is 15. The Bertz CT molecular complexity index is 830. The van der Waals surface area contributed by atoms with Crippen LogP contribution in [0.25, 0.3) is 0 Å². The fourth-order valence-corrected chi connectivity index (χ4v) is 4.43. The van der Waals surface area contributed by atoms with Crippen LogP contribution < -0.4 is 20.5 Å². The van der Waals surface area contributed by atoms with E-state index >= 15 is 0 Å². The average molecular weight is 519 g/mol. The first-order chi connectivity index (χ1) is 16.9. The summed E-state index contributed by atoms with van der Waals surface area (Å²) in [5.41, 5.74) is 4.91. The molecule has 206 valence electrons. The quantitative estimate of drug-likeness (QED) is 0.305. The van der Waals surface area contributed by atoms with Crippen molar-refractivity contribution >= 4 is 5.91 Å². The molecule has 1 saturated carbocycles. The van der Waals surface area contributed by atoms with Crippen molar-refractivity contribution in [2.75, 3.05) is 34.0 Å². The molecular formula is C26H41F3N2O5. The highest BCUT2D eigenvalue weighted by atomic mass is 19.4. The molecule has 36 heavy (non-hydrogen) atoms. The molecule has 0 radical (unpaired) electrons. The summed E-state index contributed by atoms with van der Waals surface area (Å²) in [6.07, 6.45) is -4.00. The number of amides is 1. The third-order valence-electron chi connectivity index (χ3n) is 7.14. The maximum absolute atomic E-state index is 13.4. The summed E-state index contributed by atoms with van der Waals surface area (Å²) in [6.45, 7) is 4.88. The average Bonchev–Trinajstić information content (AvgIpc) is 2.78. The summed E-state index contributed by atoms with van der Waals surface area (Å²) in [5, 5.41) is 12.8. The number of aliphatic hydroxyl groups is 1. The second kappa shape index (κ2) is 13.5. The molecule has 1 aromatic rings. The van der Waals surface area contributed by atoms with E-state index in [1.54, 1.807) is 14.2 Å². The first-order valence-electron chi connectivity index (χ1n) is 12.5. The Kier molecular flexibility index (Phi) is 11.3. The second-order valence-electron chi connectivity index (χ2n) is 10.00. The largest absolute Gasteiger partial charge is 0.493 e. The molecule has 4 N–H and O–H groups in total. The van der Waals surface area contributed by atoms with Crippen LogP contribution in [0.2, 0.25) is 0 Å². The highest BCUT2D eigenvalue weighted by molar-refractivity contribution is 5.84. The van der Waals surface area contributed by atoms with Crippen LogP contribution in [0.5, 0.6) is 11.5 Å². The van der Waals surface area contributed by atoms with Gasteiger partial charge < -0.3 is 30.4 Å². The highest BCUT2D eigenvalue weighted by Crippen LogP contribution is 2.53. The molecule has 3 unspecified atom stereocenters. The predicted molar refractivity (Wildman–Crippen MR) is 131 cm³/mol. The molecule has 1 aliphatic carbocycles. The summed E-state index contributed by atoms with van der Waals surface area (Å²) in [5.74, 6) is 0.505. The number of carbonyl (C=O) groups is 1. The Morgan fingerprint density at radius 3 is 2.42 bits per heavy atom. The molecule has 2 rings (SSSR count). The Morgan fingerprint density at radius 1 is 1.19 bits per heavy atom. The number of hydrogen-bond acceptors (Lipinski definition) is 6. The molecule has 0 saturated heterocycles. The standard InChI is InChI=1S/C26H41F3N2O5/c1-17(2)19(13-18-7-8-22(35-4)23(14-18)36-12-6-11-34-3)15-20(30)21(32)16-31-24(33)25(9-5-10-25)26(27,28)29/h7-8,14,17,19-21,32H,5-6,9-13,15-16,30H2,1-4H3,(H,31,33). The van der Waals surface area contributed by atoms with Crippen LogP contribution in [0.3, 0.4) is 0 Å². The number of halogens is 3. The maximum atomic E-state index is 13.4. The smallest absolute Gasteiger partial charge is 0.403 e. The molecule has 1 amide bonds. The minimum absolute atomic E-state index is 0.0910. The van der Waals surface area contributed by atoms with Crippen LogP contribution in [0, 0.1) is 17.3 Å². The zero-order chi connectivity index (χ0) is 26.9. The van der Waals surface area contributed by atoms with E-state index in [2.05, 4.69) is 19.2 Å². The first-order valence-corrected chi connectivity index (χ1v) is 12.5. The van der Waals surface area contributed by atoms with E-state index in [4.69, 9.17) is 19.9 Å². The van der Waals surface area contributed by atoms with E-state index in [0.717, 1.165) is 12.0 Å². The van der Waals surface area contributed by atoms with Gasteiger partial charge >= 0.3 is 6.18 Å². The van der Waals surface area contributed by atoms with Gasteiger partial charge in [0.2, 0.25) is 5.91 Å². The topological polar surface area (TPSA) is 103 Å². The molecule has 0 heterocycles. The molecule has 3 atom stereocenters. The number of methoxy groups -OCH3 is 2. The number of nitrogens with one attached hydrogen (secondary N) is 1. The Labute approximate surface area is 211 Å². The number of nitrogens with two attached hydrogens (primary N) is 1. The van der Waals surface area contributed by atoms with Crippen molar-refractivity contribution < 1.29 is 37.3 Å². The minimum atomic E-state index is -4.60. The number of alkyl halides is 3. The number of benzene rings is 1. The lowest BCUT2D eigenvalue weighted by molar-refractivity contribution is -0.243. The van der Waals surface area contributed by atoms with Crippen molar-refractivity contribution in [3.05, 3.63) is 23.8 Å². The van der Waals surface area contributed by atoms with Gasteiger partial charge in [-0.25, -0.2) is 0 Å². The number of hydrogen-bond donors (Lipinski definition) is 3. The summed E-state index contributed by atoms with van der Waals surface area (Å²) in [6, 6.07) is 5.02. The van der Waals surface area contributed by atoms with E-state index < -0.39 is 29.6 Å². The molecule has 1 aliphatic rings. The van der Waals surface area contributed by atoms with Gasteiger partial charge in [-0.3, -0.25) is 4.79 Å². The van der Waals surface area contributed by atoms with Crippen molar-refractivity contribution in [2.24, 2.45) is 23.0 Å². The van der Waals surface area contributed by atoms with Crippen LogP contribution in [0.4, 0.5) is 13.2 Å². The van der Waals surface area contributed by atoms with E-state index in [1.807, 2.05) is 18.2 Å². The van der Waals surface area contributed by atoms with Crippen molar-refractivity contribution in [2.45, 2.75) is 70.7 Å². The first kappa shape index (κ1) is 30.2. The van der Waals surface area contributed by atoms with Gasteiger partial charge in [0.25, 0.3) is 0 Å². The molecule has 0 bridgehead atoms. The fraction of sp³-hybridized carbons (Fsp3) is 0.731. The van der Waals surface area contributed by atoms with Crippen LogP contribution >= 0.6 is 0 Å². The van der Waals surface area contributed by atoms with Crippen molar-refractivity contribution in [3.63, 3.8) is 0 Å². The van der Waals surface area contributed by atoms with Gasteiger partial charge in [-0.05, 0) is 55.2 Å². The number of aliphatic hydroxyl groups excluding tert-OH is 1. The molecule has 1 fully saturated rings. The van der Waals surface area contributed by atoms with Gasteiger partial charge in [-0.2, -0.15) is 13.2 Å². The molecule has 0 spiro atoms. The summed E-state index contributed by atoms with van der Waals surface area (Å²) in [7, 11) is 3.21. The molecule has 0 aliphatic heterocycles. The SMILES string of the molecule is COCCCOc1cc(CC(CC(N)C(O)CNC(=O)C2(C(F)(F)F)CCC2)C(C)C)ccc1OC. The number of carbonyl (C=O) groups excluding carboxylic acids is 1. The lowest BCUT2D eigenvalue weighted by atomic mass is 9.67. The molecule has 0 aromatic heterocycles. The van der Waals surface area contributed by atoms with Gasteiger partial charge in [0.05, 0.1) is 19.8 Å². The van der Waals surface area contributed by atoms with Crippen molar-refractivity contribution in [3.8, 4) is 11.5 Å². The Balaban J connectivity index is 1.97. The Morgan fingerprint density at radius 2 is 1.89 bits per heavy atom. The highest BCUT2D eigenvalue weighted by Gasteiger charge is 2.63. The molecular weight excluding hydrogens is 477 g/mol. The van der Waals surface area contributed by atoms with Gasteiger partial charge in [0.15, 0.2) is 11.5 Å². The third-order valence-corrected chi connectivity index (χ3v) is 7.14. The Hall–Kier alpha value is -2.04. The molecule has 10 heteroatoms. The predicted octanol–water partition coefficient (Wildman–Crippen LogP) is 3.85. The molecule has 1 aromatic carbocycles. The second-order valence-corrected chi connectivity index (χ2v) is 10.00. The van der Waals surface area contributed by atoms with E-state index in [9.17, 15) is 23.1 Å². The van der Waals surface area contributed by atoms with E-state index in [0.29, 0.717) is 44.0 Å². The summed E-state index contributed by atoms with van der Waals surface area (Å²) < 4.78 is 56.4. The lowest BCUT2D eigenvalue weighted by Gasteiger charge is -2.41. The van der Waals surface area contributed by atoms with Crippen molar-refractivity contribution in [1.29, 1.82) is 0 Å². The van der Waals surface area contributed by atoms with E-state index in [-0.39, 0.29) is 31.2 Å². The number of ether oxygens (including phenoxy) is 3. The normalized spacial score (nSPS) is 17.7. The fourth-order valence-electron chi connectivity index (χ4n) is 4.43. The van der Waals surface area contributed by atoms with Crippen LogP contribution in [0.1, 0.15) is 51.5 Å². The van der Waals surface area contributed by atoms with E-state index in [1.165, 1.54) is 0 Å². The minimum Gasteiger partial charge on any atom is -0.493 e. The van der Waals surface area contributed by atoms with Gasteiger partial charge in [0.1, 0.15) is 5.41 Å².